The van der Waals surface area contributed by atoms with Crippen molar-refractivity contribution < 1.29 is 4.79 Å². The third-order valence-corrected chi connectivity index (χ3v) is 4.32. The van der Waals surface area contributed by atoms with Crippen LogP contribution in [0, 0.1) is 0 Å². The largest absolute Gasteiger partial charge is 0.350 e. The number of fused-ring (bicyclic) bond motifs is 1. The zero-order valence-electron chi connectivity index (χ0n) is 15.5. The molecule has 27 heavy (non-hydrogen) atoms. The second-order valence-electron chi connectivity index (χ2n) is 6.51. The van der Waals surface area contributed by atoms with Gasteiger partial charge in [-0.3, -0.25) is 4.40 Å². The van der Waals surface area contributed by atoms with Crippen LogP contribution in [0.15, 0.2) is 53.5 Å². The Morgan fingerprint density at radius 2 is 2.00 bits per heavy atom. The lowest BCUT2D eigenvalue weighted by Gasteiger charge is -2.09. The number of nitrogens with one attached hydrogen (secondary N) is 2. The molecular formula is C20H25N5O2. The number of aromatic nitrogens is 3. The van der Waals surface area contributed by atoms with E-state index in [-0.39, 0.29) is 11.7 Å². The maximum absolute atomic E-state index is 12.4. The monoisotopic (exact) mass is 367 g/mol. The summed E-state index contributed by atoms with van der Waals surface area (Å²) in [5.41, 5.74) is 2.00. The van der Waals surface area contributed by atoms with Crippen molar-refractivity contribution in [3.63, 3.8) is 0 Å². The molecule has 0 saturated heterocycles. The lowest BCUT2D eigenvalue weighted by Crippen LogP contribution is -2.29. The molecule has 0 unspecified atom stereocenters. The molecule has 0 radical (unpaired) electrons. The zero-order valence-corrected chi connectivity index (χ0v) is 15.5. The highest BCUT2D eigenvalue weighted by molar-refractivity contribution is 5.89. The summed E-state index contributed by atoms with van der Waals surface area (Å²) in [5, 5.41) is 10.0. The molecule has 0 aliphatic heterocycles. The van der Waals surface area contributed by atoms with Crippen LogP contribution in [0.4, 0.5) is 10.5 Å². The van der Waals surface area contributed by atoms with Crippen molar-refractivity contribution in [3.8, 4) is 0 Å². The van der Waals surface area contributed by atoms with Crippen LogP contribution in [0.5, 0.6) is 0 Å². The van der Waals surface area contributed by atoms with E-state index >= 15 is 0 Å². The Morgan fingerprint density at radius 1 is 1.11 bits per heavy atom. The van der Waals surface area contributed by atoms with E-state index in [0.29, 0.717) is 24.4 Å². The first-order valence-corrected chi connectivity index (χ1v) is 9.35. The van der Waals surface area contributed by atoms with Crippen LogP contribution in [0.2, 0.25) is 0 Å². The van der Waals surface area contributed by atoms with Gasteiger partial charge in [-0.15, -0.1) is 5.10 Å². The van der Waals surface area contributed by atoms with Crippen molar-refractivity contribution in [3.05, 3.63) is 64.7 Å². The normalized spacial score (nSPS) is 10.9. The zero-order chi connectivity index (χ0) is 19.1. The fourth-order valence-corrected chi connectivity index (χ4v) is 2.92. The summed E-state index contributed by atoms with van der Waals surface area (Å²) in [6.45, 7) is 3.17. The topological polar surface area (TPSA) is 80.4 Å². The molecule has 0 bridgehead atoms. The fraction of sp³-hybridized carbons (Fsp3) is 0.350. The number of urea groups is 1. The summed E-state index contributed by atoms with van der Waals surface area (Å²) in [7, 11) is 0. The molecule has 3 rings (SSSR count). The average Bonchev–Trinajstić information content (AvgIpc) is 2.98. The van der Waals surface area contributed by atoms with Crippen LogP contribution in [0.3, 0.4) is 0 Å². The molecule has 0 aliphatic carbocycles. The van der Waals surface area contributed by atoms with E-state index in [9.17, 15) is 9.59 Å². The third kappa shape index (κ3) is 4.97. The van der Waals surface area contributed by atoms with Crippen molar-refractivity contribution in [1.29, 1.82) is 0 Å². The van der Waals surface area contributed by atoms with E-state index in [4.69, 9.17) is 0 Å². The van der Waals surface area contributed by atoms with Gasteiger partial charge in [0, 0.05) is 18.4 Å². The first kappa shape index (κ1) is 18.7. The SMILES string of the molecule is CCCCCCNC(=O)Nc1cccc(Cn2nc3ccccn3c2=O)c1. The molecular weight excluding hydrogens is 342 g/mol. The van der Waals surface area contributed by atoms with Gasteiger partial charge < -0.3 is 10.6 Å². The maximum Gasteiger partial charge on any atom is 0.350 e. The molecule has 2 heterocycles. The van der Waals surface area contributed by atoms with Crippen LogP contribution >= 0.6 is 0 Å². The van der Waals surface area contributed by atoms with Crippen molar-refractivity contribution in [2.24, 2.45) is 0 Å². The van der Waals surface area contributed by atoms with E-state index in [1.165, 1.54) is 21.9 Å². The van der Waals surface area contributed by atoms with Gasteiger partial charge in [0.1, 0.15) is 0 Å². The van der Waals surface area contributed by atoms with Gasteiger partial charge in [-0.25, -0.2) is 14.3 Å². The van der Waals surface area contributed by atoms with Crippen molar-refractivity contribution in [2.45, 2.75) is 39.2 Å². The molecule has 7 heteroatoms. The van der Waals surface area contributed by atoms with Gasteiger partial charge in [0.15, 0.2) is 5.65 Å². The summed E-state index contributed by atoms with van der Waals surface area (Å²) in [5.74, 6) is 0. The van der Waals surface area contributed by atoms with Crippen LogP contribution in [0.1, 0.15) is 38.2 Å². The number of nitrogens with zero attached hydrogens (tertiary/aromatic N) is 3. The number of amides is 2. The molecule has 1 aromatic carbocycles. The van der Waals surface area contributed by atoms with Gasteiger partial charge in [-0.2, -0.15) is 0 Å². The standard InChI is InChI=1S/C20H25N5O2/c1-2-3-4-6-12-21-19(26)22-17-10-8-9-16(14-17)15-25-20(27)24-13-7-5-11-18(24)23-25/h5,7-11,13-14H,2-4,6,12,15H2,1H3,(H2,21,22,26). The summed E-state index contributed by atoms with van der Waals surface area (Å²) >= 11 is 0. The second kappa shape index (κ2) is 9.02. The molecule has 2 aromatic heterocycles. The number of hydrogen-bond acceptors (Lipinski definition) is 3. The van der Waals surface area contributed by atoms with Gasteiger partial charge >= 0.3 is 11.7 Å². The Hall–Kier alpha value is -3.09. The quantitative estimate of drug-likeness (QED) is 0.600. The number of pyridine rings is 1. The lowest BCUT2D eigenvalue weighted by atomic mass is 10.2. The van der Waals surface area contributed by atoms with E-state index in [2.05, 4.69) is 22.7 Å². The number of carbonyl (C=O) groups is 1. The molecule has 142 valence electrons. The number of hydrogen-bond donors (Lipinski definition) is 2. The number of benzene rings is 1. The predicted octanol–water partition coefficient (Wildman–Crippen LogP) is 3.25. The molecule has 0 saturated carbocycles. The minimum Gasteiger partial charge on any atom is -0.338 e. The van der Waals surface area contributed by atoms with E-state index < -0.39 is 0 Å². The molecule has 0 spiro atoms. The number of carbonyl (C=O) groups excluding carboxylic acids is 1. The number of rotatable bonds is 8. The Balaban J connectivity index is 1.61. The first-order valence-electron chi connectivity index (χ1n) is 9.35. The third-order valence-electron chi connectivity index (χ3n) is 4.32. The fourth-order valence-electron chi connectivity index (χ4n) is 2.92. The van der Waals surface area contributed by atoms with Gasteiger partial charge in [0.2, 0.25) is 0 Å². The summed E-state index contributed by atoms with van der Waals surface area (Å²) < 4.78 is 2.93. The molecule has 0 atom stereocenters. The van der Waals surface area contributed by atoms with Crippen LogP contribution in [-0.4, -0.2) is 26.8 Å². The lowest BCUT2D eigenvalue weighted by molar-refractivity contribution is 0.252. The molecule has 7 nitrogen and oxygen atoms in total. The maximum atomic E-state index is 12.4. The van der Waals surface area contributed by atoms with Crippen molar-refractivity contribution in [2.75, 3.05) is 11.9 Å². The summed E-state index contributed by atoms with van der Waals surface area (Å²) in [6.07, 6.45) is 6.17. The highest BCUT2D eigenvalue weighted by Crippen LogP contribution is 2.11. The highest BCUT2D eigenvalue weighted by atomic mass is 16.2. The number of unbranched alkanes of at least 4 members (excludes halogenated alkanes) is 3. The van der Waals surface area contributed by atoms with Gasteiger partial charge in [-0.05, 0) is 36.2 Å². The van der Waals surface area contributed by atoms with Gasteiger partial charge in [0.25, 0.3) is 0 Å². The summed E-state index contributed by atoms with van der Waals surface area (Å²) in [4.78, 5) is 24.4. The Kier molecular flexibility index (Phi) is 6.25. The Labute approximate surface area is 158 Å². The predicted molar refractivity (Wildman–Crippen MR) is 106 cm³/mol. The van der Waals surface area contributed by atoms with Crippen LogP contribution in [-0.2, 0) is 6.54 Å². The second-order valence-corrected chi connectivity index (χ2v) is 6.51. The minimum atomic E-state index is -0.214. The van der Waals surface area contributed by atoms with Crippen molar-refractivity contribution in [1.82, 2.24) is 19.5 Å². The Bertz CT molecular complexity index is 960. The smallest absolute Gasteiger partial charge is 0.338 e. The molecule has 0 fully saturated rings. The average molecular weight is 367 g/mol. The van der Waals surface area contributed by atoms with Gasteiger partial charge in [-0.1, -0.05) is 44.4 Å². The summed E-state index contributed by atoms with van der Waals surface area (Å²) in [6, 6.07) is 12.7. The molecule has 2 amide bonds. The van der Waals surface area contributed by atoms with E-state index in [0.717, 1.165) is 18.4 Å². The van der Waals surface area contributed by atoms with Crippen LogP contribution < -0.4 is 16.3 Å². The van der Waals surface area contributed by atoms with E-state index in [1.54, 1.807) is 18.3 Å². The molecule has 3 aromatic rings. The minimum absolute atomic E-state index is 0.186. The molecule has 0 aliphatic rings. The van der Waals surface area contributed by atoms with E-state index in [1.807, 2.05) is 30.3 Å². The van der Waals surface area contributed by atoms with Gasteiger partial charge in [0.05, 0.1) is 6.54 Å². The van der Waals surface area contributed by atoms with Crippen LogP contribution in [0.25, 0.3) is 5.65 Å². The van der Waals surface area contributed by atoms with Crippen molar-refractivity contribution >= 4 is 17.4 Å². The molecule has 2 N–H and O–H groups in total. The Morgan fingerprint density at radius 3 is 2.81 bits per heavy atom. The first-order chi connectivity index (χ1) is 13.2. The number of anilines is 1. The highest BCUT2D eigenvalue weighted by Gasteiger charge is 2.07.